The van der Waals surface area contributed by atoms with Crippen molar-refractivity contribution in [3.8, 4) is 5.75 Å². The van der Waals surface area contributed by atoms with Gasteiger partial charge < -0.3 is 9.84 Å². The lowest BCUT2D eigenvalue weighted by Crippen LogP contribution is -2.34. The van der Waals surface area contributed by atoms with Gasteiger partial charge in [0.2, 0.25) is 0 Å². The molecule has 1 N–H and O–H groups in total. The van der Waals surface area contributed by atoms with Gasteiger partial charge in [-0.15, -0.1) is 11.3 Å². The van der Waals surface area contributed by atoms with Crippen LogP contribution in [0, 0.1) is 0 Å². The fourth-order valence-corrected chi connectivity index (χ4v) is 3.86. The van der Waals surface area contributed by atoms with Crippen LogP contribution in [0.3, 0.4) is 0 Å². The molecule has 0 saturated heterocycles. The van der Waals surface area contributed by atoms with Gasteiger partial charge in [-0.05, 0) is 57.3 Å². The highest BCUT2D eigenvalue weighted by molar-refractivity contribution is 7.18. The van der Waals surface area contributed by atoms with Crippen molar-refractivity contribution in [1.29, 1.82) is 0 Å². The van der Waals surface area contributed by atoms with Crippen LogP contribution >= 0.6 is 11.3 Å². The Balaban J connectivity index is 1.53. The molecule has 3 aromatic rings. The van der Waals surface area contributed by atoms with E-state index in [0.29, 0.717) is 17.9 Å². The molecule has 5 nitrogen and oxygen atoms in total. The zero-order valence-electron chi connectivity index (χ0n) is 15.8. The number of nitrogens with zero attached hydrogens (tertiary/aromatic N) is 2. The van der Waals surface area contributed by atoms with Gasteiger partial charge in [-0.1, -0.05) is 12.1 Å². The van der Waals surface area contributed by atoms with Crippen molar-refractivity contribution < 1.29 is 14.6 Å². The molecule has 27 heavy (non-hydrogen) atoms. The molecule has 1 heterocycles. The van der Waals surface area contributed by atoms with Crippen LogP contribution in [0.15, 0.2) is 48.5 Å². The molecule has 0 spiro atoms. The van der Waals surface area contributed by atoms with Crippen molar-refractivity contribution >= 4 is 27.3 Å². The third-order valence-electron chi connectivity index (χ3n) is 4.53. The van der Waals surface area contributed by atoms with E-state index < -0.39 is 6.10 Å². The molecular formula is C21H24N2O3S. The van der Waals surface area contributed by atoms with Gasteiger partial charge in [0.25, 0.3) is 0 Å². The second-order valence-corrected chi connectivity index (χ2v) is 7.74. The van der Waals surface area contributed by atoms with Gasteiger partial charge >= 0.3 is 0 Å². The minimum atomic E-state index is -0.626. The summed E-state index contributed by atoms with van der Waals surface area (Å²) in [5, 5.41) is 11.4. The summed E-state index contributed by atoms with van der Waals surface area (Å²) in [5.41, 5.74) is 1.66. The molecule has 2 aromatic carbocycles. The monoisotopic (exact) mass is 384 g/mol. The first-order chi connectivity index (χ1) is 12.9. The number of aliphatic hydroxyl groups is 1. The molecule has 0 aliphatic rings. The Hall–Kier alpha value is -2.28. The van der Waals surface area contributed by atoms with Crippen molar-refractivity contribution in [2.45, 2.75) is 26.0 Å². The van der Waals surface area contributed by atoms with Crippen LogP contribution in [0.5, 0.6) is 5.75 Å². The fourth-order valence-electron chi connectivity index (χ4n) is 2.78. The first kappa shape index (κ1) is 19.5. The highest BCUT2D eigenvalue weighted by Crippen LogP contribution is 2.28. The Morgan fingerprint density at radius 1 is 1.22 bits per heavy atom. The maximum absolute atomic E-state index is 11.3. The summed E-state index contributed by atoms with van der Waals surface area (Å²) in [6.45, 7) is 4.28. The normalized spacial score (nSPS) is 13.7. The quantitative estimate of drug-likeness (QED) is 0.596. The first-order valence-electron chi connectivity index (χ1n) is 8.91. The molecule has 142 valence electrons. The SMILES string of the molecule is CC(=O)c1ccc(OC[C@@H](O)CN(C)[C@@H](C)c2nc3ccccc3s2)cc1. The number of hydrogen-bond acceptors (Lipinski definition) is 6. The lowest BCUT2D eigenvalue weighted by Gasteiger charge is -2.25. The molecule has 0 saturated carbocycles. The number of carbonyl (C=O) groups is 1. The molecule has 0 amide bonds. The summed E-state index contributed by atoms with van der Waals surface area (Å²) in [6, 6.07) is 15.1. The number of ketones is 1. The van der Waals surface area contributed by atoms with Gasteiger partial charge in [-0.2, -0.15) is 0 Å². The molecule has 0 aliphatic carbocycles. The summed E-state index contributed by atoms with van der Waals surface area (Å²) in [7, 11) is 1.97. The van der Waals surface area contributed by atoms with Crippen LogP contribution in [-0.4, -0.2) is 47.1 Å². The Labute approximate surface area is 163 Å². The molecule has 2 atom stereocenters. The number of benzene rings is 2. The molecule has 0 bridgehead atoms. The average molecular weight is 385 g/mol. The highest BCUT2D eigenvalue weighted by Gasteiger charge is 2.19. The minimum absolute atomic E-state index is 0.0204. The molecule has 6 heteroatoms. The summed E-state index contributed by atoms with van der Waals surface area (Å²) in [4.78, 5) is 18.1. The molecule has 3 rings (SSSR count). The lowest BCUT2D eigenvalue weighted by atomic mass is 10.1. The van der Waals surface area contributed by atoms with Crippen LogP contribution in [-0.2, 0) is 0 Å². The number of aromatic nitrogens is 1. The summed E-state index contributed by atoms with van der Waals surface area (Å²) in [6.07, 6.45) is -0.626. The van der Waals surface area contributed by atoms with E-state index in [0.717, 1.165) is 10.5 Å². The van der Waals surface area contributed by atoms with E-state index >= 15 is 0 Å². The number of para-hydroxylation sites is 1. The Morgan fingerprint density at radius 2 is 1.93 bits per heavy atom. The Morgan fingerprint density at radius 3 is 2.59 bits per heavy atom. The topological polar surface area (TPSA) is 62.7 Å². The molecule has 0 radical (unpaired) electrons. The van der Waals surface area contributed by atoms with Crippen molar-refractivity contribution in [2.24, 2.45) is 0 Å². The zero-order chi connectivity index (χ0) is 19.4. The second-order valence-electron chi connectivity index (χ2n) is 6.68. The first-order valence-corrected chi connectivity index (χ1v) is 9.73. The van der Waals surface area contributed by atoms with Gasteiger partial charge in [0, 0.05) is 12.1 Å². The number of ether oxygens (including phenoxy) is 1. The largest absolute Gasteiger partial charge is 0.491 e. The highest BCUT2D eigenvalue weighted by atomic mass is 32.1. The number of thiazole rings is 1. The van der Waals surface area contributed by atoms with Gasteiger partial charge in [0.15, 0.2) is 5.78 Å². The molecule has 1 aromatic heterocycles. The smallest absolute Gasteiger partial charge is 0.159 e. The third kappa shape index (κ3) is 4.91. The minimum Gasteiger partial charge on any atom is -0.491 e. The van der Waals surface area contributed by atoms with E-state index in [4.69, 9.17) is 9.72 Å². The predicted molar refractivity (Wildman–Crippen MR) is 109 cm³/mol. The van der Waals surface area contributed by atoms with Gasteiger partial charge in [-0.25, -0.2) is 4.98 Å². The number of fused-ring (bicyclic) bond motifs is 1. The van der Waals surface area contributed by atoms with Crippen molar-refractivity contribution in [3.63, 3.8) is 0 Å². The number of rotatable bonds is 8. The second kappa shape index (κ2) is 8.61. The van der Waals surface area contributed by atoms with Crippen LogP contribution in [0.4, 0.5) is 0 Å². The summed E-state index contributed by atoms with van der Waals surface area (Å²) < 4.78 is 6.81. The summed E-state index contributed by atoms with van der Waals surface area (Å²) in [5.74, 6) is 0.660. The maximum atomic E-state index is 11.3. The number of likely N-dealkylation sites (N-methyl/N-ethyl adjacent to an activating group) is 1. The number of hydrogen-bond donors (Lipinski definition) is 1. The number of Topliss-reactive ketones (excluding diaryl/α,β-unsaturated/α-hetero) is 1. The van der Waals surface area contributed by atoms with E-state index in [2.05, 4.69) is 17.9 Å². The number of aliphatic hydroxyl groups excluding tert-OH is 1. The molecule has 0 fully saturated rings. The van der Waals surface area contributed by atoms with Crippen molar-refractivity contribution in [2.75, 3.05) is 20.2 Å². The molecular weight excluding hydrogens is 360 g/mol. The van der Waals surface area contributed by atoms with Gasteiger partial charge in [0.05, 0.1) is 16.3 Å². The maximum Gasteiger partial charge on any atom is 0.159 e. The zero-order valence-corrected chi connectivity index (χ0v) is 16.6. The van der Waals surface area contributed by atoms with Crippen molar-refractivity contribution in [3.05, 3.63) is 59.1 Å². The van der Waals surface area contributed by atoms with E-state index in [1.165, 1.54) is 11.6 Å². The van der Waals surface area contributed by atoms with Crippen LogP contribution in [0.1, 0.15) is 35.3 Å². The van der Waals surface area contributed by atoms with E-state index in [1.807, 2.05) is 25.2 Å². The summed E-state index contributed by atoms with van der Waals surface area (Å²) >= 11 is 1.68. The Bertz CT molecular complexity index is 874. The predicted octanol–water partition coefficient (Wildman–Crippen LogP) is 3.93. The van der Waals surface area contributed by atoms with Crippen molar-refractivity contribution in [1.82, 2.24) is 9.88 Å². The van der Waals surface area contributed by atoms with Crippen LogP contribution < -0.4 is 4.74 Å². The molecule has 0 unspecified atom stereocenters. The standard InChI is InChI=1S/C21H24N2O3S/c1-14(21-22-19-6-4-5-7-20(19)27-21)23(3)12-17(25)13-26-18-10-8-16(9-11-18)15(2)24/h4-11,14,17,25H,12-13H2,1-3H3/t14-,17-/m0/s1. The number of carbonyl (C=O) groups excluding carboxylic acids is 1. The molecule has 0 aliphatic heterocycles. The third-order valence-corrected chi connectivity index (χ3v) is 5.74. The van der Waals surface area contributed by atoms with Gasteiger partial charge in [-0.3, -0.25) is 9.69 Å². The Kier molecular flexibility index (Phi) is 6.21. The van der Waals surface area contributed by atoms with Crippen LogP contribution in [0.2, 0.25) is 0 Å². The average Bonchev–Trinajstić information content (AvgIpc) is 3.10. The van der Waals surface area contributed by atoms with Crippen LogP contribution in [0.25, 0.3) is 10.2 Å². The van der Waals surface area contributed by atoms with E-state index in [9.17, 15) is 9.90 Å². The van der Waals surface area contributed by atoms with E-state index in [1.54, 1.807) is 35.6 Å². The fraction of sp³-hybridized carbons (Fsp3) is 0.333. The lowest BCUT2D eigenvalue weighted by molar-refractivity contribution is 0.0653. The van der Waals surface area contributed by atoms with E-state index in [-0.39, 0.29) is 18.4 Å². The van der Waals surface area contributed by atoms with Gasteiger partial charge in [0.1, 0.15) is 23.5 Å².